The first-order valence-electron chi connectivity index (χ1n) is 10.1. The predicted octanol–water partition coefficient (Wildman–Crippen LogP) is 2.62. The van der Waals surface area contributed by atoms with Crippen molar-refractivity contribution >= 4 is 22.8 Å². The summed E-state index contributed by atoms with van der Waals surface area (Å²) < 4.78 is 12.3. The molecule has 0 fully saturated rings. The standard InChI is InChI=1S/C22H25N7O2/c1-30-11-12-31-15-17-3-2-4-19(13-17)29-21-20(27-28-29)14-24-22(26-21)25-18-7-5-16(6-8-18)9-10-23/h2-8,13-14H,9-12,15,23H2,1H3,(H,24,25,26). The number of rotatable bonds is 10. The van der Waals surface area contributed by atoms with Gasteiger partial charge < -0.3 is 20.5 Å². The maximum Gasteiger partial charge on any atom is 0.229 e. The molecule has 160 valence electrons. The summed E-state index contributed by atoms with van der Waals surface area (Å²) in [7, 11) is 1.65. The third kappa shape index (κ3) is 5.21. The average Bonchev–Trinajstić information content (AvgIpc) is 3.22. The van der Waals surface area contributed by atoms with E-state index in [1.54, 1.807) is 18.0 Å². The van der Waals surface area contributed by atoms with Gasteiger partial charge in [0.1, 0.15) is 0 Å². The first-order valence-corrected chi connectivity index (χ1v) is 10.1. The molecule has 0 aliphatic carbocycles. The maximum atomic E-state index is 5.62. The molecule has 0 aliphatic rings. The molecule has 2 aromatic heterocycles. The normalized spacial score (nSPS) is 11.2. The summed E-state index contributed by atoms with van der Waals surface area (Å²) in [4.78, 5) is 8.98. The number of nitrogens with two attached hydrogens (primary N) is 1. The van der Waals surface area contributed by atoms with E-state index in [0.717, 1.165) is 23.4 Å². The fourth-order valence-electron chi connectivity index (χ4n) is 3.12. The van der Waals surface area contributed by atoms with Gasteiger partial charge in [0.25, 0.3) is 0 Å². The Kier molecular flexibility index (Phi) is 6.78. The summed E-state index contributed by atoms with van der Waals surface area (Å²) >= 11 is 0. The van der Waals surface area contributed by atoms with Gasteiger partial charge in [0.2, 0.25) is 5.95 Å². The summed E-state index contributed by atoms with van der Waals surface area (Å²) in [6.45, 7) is 2.23. The van der Waals surface area contributed by atoms with Crippen LogP contribution in [-0.4, -0.2) is 51.8 Å². The van der Waals surface area contributed by atoms with Gasteiger partial charge in [-0.2, -0.15) is 9.67 Å². The van der Waals surface area contributed by atoms with Crippen molar-refractivity contribution in [3.05, 3.63) is 65.9 Å². The highest BCUT2D eigenvalue weighted by molar-refractivity contribution is 5.72. The number of ether oxygens (including phenoxy) is 2. The molecular weight excluding hydrogens is 394 g/mol. The average molecular weight is 419 g/mol. The monoisotopic (exact) mass is 419 g/mol. The summed E-state index contributed by atoms with van der Waals surface area (Å²) in [5.74, 6) is 0.474. The van der Waals surface area contributed by atoms with E-state index in [2.05, 4.69) is 25.6 Å². The number of aromatic nitrogens is 5. The lowest BCUT2D eigenvalue weighted by Gasteiger charge is -2.08. The van der Waals surface area contributed by atoms with Crippen LogP contribution >= 0.6 is 0 Å². The highest BCUT2D eigenvalue weighted by atomic mass is 16.5. The molecule has 4 rings (SSSR count). The highest BCUT2D eigenvalue weighted by Gasteiger charge is 2.11. The fraction of sp³-hybridized carbons (Fsp3) is 0.273. The Morgan fingerprint density at radius 1 is 1.06 bits per heavy atom. The van der Waals surface area contributed by atoms with Crippen LogP contribution in [0.15, 0.2) is 54.7 Å². The van der Waals surface area contributed by atoms with E-state index in [0.29, 0.717) is 43.5 Å². The second-order valence-electron chi connectivity index (χ2n) is 6.98. The molecule has 9 heteroatoms. The Bertz CT molecular complexity index is 1130. The number of nitrogens with zero attached hydrogens (tertiary/aromatic N) is 5. The van der Waals surface area contributed by atoms with Crippen molar-refractivity contribution in [3.63, 3.8) is 0 Å². The zero-order valence-electron chi connectivity index (χ0n) is 17.4. The maximum absolute atomic E-state index is 5.62. The van der Waals surface area contributed by atoms with E-state index in [4.69, 9.17) is 15.2 Å². The lowest BCUT2D eigenvalue weighted by atomic mass is 10.1. The Morgan fingerprint density at radius 2 is 1.94 bits per heavy atom. The van der Waals surface area contributed by atoms with Crippen LogP contribution in [0.3, 0.4) is 0 Å². The highest BCUT2D eigenvalue weighted by Crippen LogP contribution is 2.19. The van der Waals surface area contributed by atoms with E-state index < -0.39 is 0 Å². The number of hydrogen-bond donors (Lipinski definition) is 2. The Labute approximate surface area is 180 Å². The van der Waals surface area contributed by atoms with Gasteiger partial charge in [-0.05, 0) is 48.4 Å². The van der Waals surface area contributed by atoms with Gasteiger partial charge in [-0.15, -0.1) is 5.10 Å². The molecule has 0 unspecified atom stereocenters. The molecule has 0 saturated carbocycles. The topological polar surface area (TPSA) is 113 Å². The molecule has 4 aromatic rings. The van der Waals surface area contributed by atoms with E-state index in [9.17, 15) is 0 Å². The van der Waals surface area contributed by atoms with Gasteiger partial charge >= 0.3 is 0 Å². The summed E-state index contributed by atoms with van der Waals surface area (Å²) in [6, 6.07) is 16.0. The second kappa shape index (κ2) is 10.1. The minimum Gasteiger partial charge on any atom is -0.382 e. The largest absolute Gasteiger partial charge is 0.382 e. The van der Waals surface area contributed by atoms with E-state index >= 15 is 0 Å². The Hall–Kier alpha value is -3.40. The van der Waals surface area contributed by atoms with Gasteiger partial charge in [-0.3, -0.25) is 0 Å². The molecule has 0 atom stereocenters. The number of methoxy groups -OCH3 is 1. The molecule has 0 radical (unpaired) electrons. The van der Waals surface area contributed by atoms with Crippen LogP contribution in [-0.2, 0) is 22.5 Å². The van der Waals surface area contributed by atoms with Crippen molar-refractivity contribution in [2.24, 2.45) is 5.73 Å². The number of anilines is 2. The fourth-order valence-corrected chi connectivity index (χ4v) is 3.12. The van der Waals surface area contributed by atoms with Crippen LogP contribution in [0, 0.1) is 0 Å². The predicted molar refractivity (Wildman–Crippen MR) is 118 cm³/mol. The minimum atomic E-state index is 0.474. The van der Waals surface area contributed by atoms with Crippen LogP contribution < -0.4 is 11.1 Å². The molecule has 9 nitrogen and oxygen atoms in total. The van der Waals surface area contributed by atoms with Crippen molar-refractivity contribution in [1.29, 1.82) is 0 Å². The summed E-state index contributed by atoms with van der Waals surface area (Å²) in [5.41, 5.74) is 10.8. The lowest BCUT2D eigenvalue weighted by Crippen LogP contribution is -2.04. The molecule has 0 bridgehead atoms. The second-order valence-corrected chi connectivity index (χ2v) is 6.98. The third-order valence-corrected chi connectivity index (χ3v) is 4.69. The van der Waals surface area contributed by atoms with Crippen LogP contribution in [0.2, 0.25) is 0 Å². The van der Waals surface area contributed by atoms with Crippen molar-refractivity contribution in [1.82, 2.24) is 25.0 Å². The molecule has 0 aliphatic heterocycles. The van der Waals surface area contributed by atoms with Crippen LogP contribution in [0.25, 0.3) is 16.9 Å². The van der Waals surface area contributed by atoms with Gasteiger partial charge in [0, 0.05) is 12.8 Å². The first kappa shape index (κ1) is 20.9. The number of nitrogens with one attached hydrogen (secondary N) is 1. The molecule has 2 heterocycles. The van der Waals surface area contributed by atoms with Crippen molar-refractivity contribution in [2.45, 2.75) is 13.0 Å². The van der Waals surface area contributed by atoms with Crippen LogP contribution in [0.1, 0.15) is 11.1 Å². The van der Waals surface area contributed by atoms with E-state index in [1.165, 1.54) is 5.56 Å². The van der Waals surface area contributed by atoms with E-state index in [-0.39, 0.29) is 0 Å². The number of fused-ring (bicyclic) bond motifs is 1. The molecular formula is C22H25N7O2. The van der Waals surface area contributed by atoms with Crippen LogP contribution in [0.5, 0.6) is 0 Å². The van der Waals surface area contributed by atoms with Gasteiger partial charge in [-0.1, -0.05) is 29.5 Å². The SMILES string of the molecule is COCCOCc1cccc(-n2nnc3cnc(Nc4ccc(CCN)cc4)nc32)c1. The van der Waals surface area contributed by atoms with Crippen LogP contribution in [0.4, 0.5) is 11.6 Å². The van der Waals surface area contributed by atoms with Crippen molar-refractivity contribution in [2.75, 3.05) is 32.2 Å². The molecule has 2 aromatic carbocycles. The molecule has 0 saturated heterocycles. The van der Waals surface area contributed by atoms with Crippen molar-refractivity contribution in [3.8, 4) is 5.69 Å². The Balaban J connectivity index is 1.54. The minimum absolute atomic E-state index is 0.474. The number of benzene rings is 2. The summed E-state index contributed by atoms with van der Waals surface area (Å²) in [6.07, 6.45) is 2.51. The van der Waals surface area contributed by atoms with E-state index in [1.807, 2.05) is 48.5 Å². The molecule has 31 heavy (non-hydrogen) atoms. The quantitative estimate of drug-likeness (QED) is 0.377. The molecule has 0 spiro atoms. The lowest BCUT2D eigenvalue weighted by molar-refractivity contribution is 0.0616. The number of hydrogen-bond acceptors (Lipinski definition) is 8. The third-order valence-electron chi connectivity index (χ3n) is 4.69. The molecule has 0 amide bonds. The zero-order chi connectivity index (χ0) is 21.5. The zero-order valence-corrected chi connectivity index (χ0v) is 17.4. The van der Waals surface area contributed by atoms with Gasteiger partial charge in [0.05, 0.1) is 31.7 Å². The summed E-state index contributed by atoms with van der Waals surface area (Å²) in [5, 5.41) is 11.7. The van der Waals surface area contributed by atoms with Gasteiger partial charge in [-0.25, -0.2) is 4.98 Å². The smallest absolute Gasteiger partial charge is 0.229 e. The first-order chi connectivity index (χ1) is 15.3. The molecule has 3 N–H and O–H groups in total. The van der Waals surface area contributed by atoms with Gasteiger partial charge in [0.15, 0.2) is 11.2 Å². The van der Waals surface area contributed by atoms with Crippen molar-refractivity contribution < 1.29 is 9.47 Å². The Morgan fingerprint density at radius 3 is 2.74 bits per heavy atom.